The van der Waals surface area contributed by atoms with Crippen LogP contribution in [0.15, 0.2) is 6.20 Å². The summed E-state index contributed by atoms with van der Waals surface area (Å²) in [6, 6.07) is -0.0967. The highest BCUT2D eigenvalue weighted by atomic mass is 35.5. The molecule has 1 N–H and O–H groups in total. The van der Waals surface area contributed by atoms with Crippen molar-refractivity contribution in [3.8, 4) is 0 Å². The molecule has 0 spiro atoms. The Balaban J connectivity index is 2.59. The highest BCUT2D eigenvalue weighted by molar-refractivity contribution is 6.31. The van der Waals surface area contributed by atoms with E-state index in [1.54, 1.807) is 17.8 Å². The van der Waals surface area contributed by atoms with Gasteiger partial charge in [-0.05, 0) is 20.3 Å². The zero-order valence-electron chi connectivity index (χ0n) is 11.9. The van der Waals surface area contributed by atoms with E-state index in [1.807, 2.05) is 20.8 Å². The van der Waals surface area contributed by atoms with E-state index < -0.39 is 0 Å². The lowest BCUT2D eigenvalue weighted by molar-refractivity contribution is -0.146. The lowest BCUT2D eigenvalue weighted by atomic mass is 10.2. The van der Waals surface area contributed by atoms with E-state index >= 15 is 0 Å². The Bertz CT molecular complexity index is 399. The number of esters is 1. The number of hydrogen-bond acceptors (Lipinski definition) is 4. The standard InChI is InChI=1S/C13H22ClN3O2/c1-5-19-13(18)12(15-9(2)3)6-7-17-8-11(14)10(4)16-17/h8-9,12,15H,5-7H2,1-4H3. The topological polar surface area (TPSA) is 56.2 Å². The van der Waals surface area contributed by atoms with Gasteiger partial charge in [-0.2, -0.15) is 5.10 Å². The first-order valence-electron chi connectivity index (χ1n) is 6.56. The van der Waals surface area contributed by atoms with E-state index in [0.29, 0.717) is 24.6 Å². The third kappa shape index (κ3) is 5.20. The molecule has 0 fully saturated rings. The number of aromatic nitrogens is 2. The highest BCUT2D eigenvalue weighted by Gasteiger charge is 2.20. The molecule has 1 heterocycles. The summed E-state index contributed by atoms with van der Waals surface area (Å²) in [4.78, 5) is 11.8. The summed E-state index contributed by atoms with van der Waals surface area (Å²) in [5, 5.41) is 8.12. The molecular formula is C13H22ClN3O2. The number of ether oxygens (including phenoxy) is 1. The molecule has 0 amide bonds. The van der Waals surface area contributed by atoms with Gasteiger partial charge in [0.15, 0.2) is 0 Å². The van der Waals surface area contributed by atoms with Crippen LogP contribution in [0.3, 0.4) is 0 Å². The largest absolute Gasteiger partial charge is 0.465 e. The number of halogens is 1. The zero-order valence-corrected chi connectivity index (χ0v) is 12.7. The second-order valence-corrected chi connectivity index (χ2v) is 5.15. The van der Waals surface area contributed by atoms with Gasteiger partial charge < -0.3 is 10.1 Å². The quantitative estimate of drug-likeness (QED) is 0.781. The predicted molar refractivity (Wildman–Crippen MR) is 75.3 cm³/mol. The van der Waals surface area contributed by atoms with Gasteiger partial charge in [-0.25, -0.2) is 0 Å². The molecule has 0 aromatic carbocycles. The molecule has 5 nitrogen and oxygen atoms in total. The molecule has 1 aromatic rings. The van der Waals surface area contributed by atoms with Gasteiger partial charge in [-0.15, -0.1) is 0 Å². The van der Waals surface area contributed by atoms with Crippen LogP contribution in [0, 0.1) is 6.92 Å². The van der Waals surface area contributed by atoms with Crippen LogP contribution in [0.25, 0.3) is 0 Å². The van der Waals surface area contributed by atoms with Crippen LogP contribution in [0.2, 0.25) is 5.02 Å². The third-order valence-electron chi connectivity index (χ3n) is 2.64. The molecule has 0 bridgehead atoms. The number of nitrogens with zero attached hydrogens (tertiary/aromatic N) is 2. The molecule has 0 saturated heterocycles. The van der Waals surface area contributed by atoms with Crippen LogP contribution < -0.4 is 5.32 Å². The molecule has 1 rings (SSSR count). The number of nitrogens with one attached hydrogen (secondary N) is 1. The first kappa shape index (κ1) is 16.0. The highest BCUT2D eigenvalue weighted by Crippen LogP contribution is 2.12. The van der Waals surface area contributed by atoms with Crippen molar-refractivity contribution in [3.63, 3.8) is 0 Å². The maximum absolute atomic E-state index is 11.8. The van der Waals surface area contributed by atoms with Crippen molar-refractivity contribution in [2.24, 2.45) is 0 Å². The molecular weight excluding hydrogens is 266 g/mol. The van der Waals surface area contributed by atoms with Crippen molar-refractivity contribution >= 4 is 17.6 Å². The summed E-state index contributed by atoms with van der Waals surface area (Å²) in [7, 11) is 0. The Morgan fingerprint density at radius 3 is 2.74 bits per heavy atom. The van der Waals surface area contributed by atoms with Crippen molar-refractivity contribution in [1.29, 1.82) is 0 Å². The molecule has 108 valence electrons. The Hall–Kier alpha value is -1.07. The molecule has 1 aromatic heterocycles. The summed E-state index contributed by atoms with van der Waals surface area (Å²) >= 11 is 5.95. The zero-order chi connectivity index (χ0) is 14.4. The smallest absolute Gasteiger partial charge is 0.323 e. The Labute approximate surface area is 119 Å². The minimum absolute atomic E-state index is 0.217. The molecule has 0 aliphatic carbocycles. The van der Waals surface area contributed by atoms with E-state index in [4.69, 9.17) is 16.3 Å². The second-order valence-electron chi connectivity index (χ2n) is 4.74. The number of aryl methyl sites for hydroxylation is 2. The van der Waals surface area contributed by atoms with Gasteiger partial charge in [0.05, 0.1) is 17.3 Å². The SMILES string of the molecule is CCOC(=O)C(CCn1cc(Cl)c(C)n1)NC(C)C. The van der Waals surface area contributed by atoms with Crippen molar-refractivity contribution in [3.05, 3.63) is 16.9 Å². The van der Waals surface area contributed by atoms with Crippen molar-refractivity contribution < 1.29 is 9.53 Å². The van der Waals surface area contributed by atoms with Crippen LogP contribution in [0.1, 0.15) is 32.9 Å². The van der Waals surface area contributed by atoms with Crippen LogP contribution in [0.5, 0.6) is 0 Å². The van der Waals surface area contributed by atoms with Gasteiger partial charge in [0.2, 0.25) is 0 Å². The third-order valence-corrected chi connectivity index (χ3v) is 3.01. The van der Waals surface area contributed by atoms with Crippen LogP contribution in [-0.4, -0.2) is 34.4 Å². The molecule has 1 atom stereocenters. The first-order chi connectivity index (χ1) is 8.93. The monoisotopic (exact) mass is 287 g/mol. The van der Waals surface area contributed by atoms with Crippen molar-refractivity contribution in [2.45, 2.75) is 52.7 Å². The average Bonchev–Trinajstić information content (AvgIpc) is 2.64. The Kier molecular flexibility index (Phi) is 6.31. The maximum atomic E-state index is 11.8. The maximum Gasteiger partial charge on any atom is 0.323 e. The molecule has 0 aliphatic heterocycles. The molecule has 6 heteroatoms. The number of rotatable bonds is 7. The first-order valence-corrected chi connectivity index (χ1v) is 6.94. The van der Waals surface area contributed by atoms with E-state index in [9.17, 15) is 4.79 Å². The fourth-order valence-electron chi connectivity index (χ4n) is 1.78. The van der Waals surface area contributed by atoms with Crippen LogP contribution in [0.4, 0.5) is 0 Å². The van der Waals surface area contributed by atoms with E-state index in [-0.39, 0.29) is 18.1 Å². The summed E-state index contributed by atoms with van der Waals surface area (Å²) in [6.45, 7) is 8.68. The lowest BCUT2D eigenvalue weighted by Gasteiger charge is -2.19. The van der Waals surface area contributed by atoms with Gasteiger partial charge in [-0.3, -0.25) is 9.48 Å². The summed E-state index contributed by atoms with van der Waals surface area (Å²) < 4.78 is 6.82. The summed E-state index contributed by atoms with van der Waals surface area (Å²) in [5.74, 6) is -0.217. The number of carbonyl (C=O) groups excluding carboxylic acids is 1. The minimum atomic E-state index is -0.316. The average molecular weight is 288 g/mol. The van der Waals surface area contributed by atoms with Gasteiger partial charge in [0.25, 0.3) is 0 Å². The summed E-state index contributed by atoms with van der Waals surface area (Å²) in [6.07, 6.45) is 2.39. The van der Waals surface area contributed by atoms with E-state index in [1.165, 1.54) is 0 Å². The fourth-order valence-corrected chi connectivity index (χ4v) is 1.93. The van der Waals surface area contributed by atoms with Crippen LogP contribution >= 0.6 is 11.6 Å². The molecule has 1 unspecified atom stereocenters. The minimum Gasteiger partial charge on any atom is -0.465 e. The number of carbonyl (C=O) groups is 1. The van der Waals surface area contributed by atoms with E-state index in [2.05, 4.69) is 10.4 Å². The van der Waals surface area contributed by atoms with Gasteiger partial charge in [0, 0.05) is 18.8 Å². The number of hydrogen-bond donors (Lipinski definition) is 1. The van der Waals surface area contributed by atoms with Gasteiger partial charge >= 0.3 is 5.97 Å². The fraction of sp³-hybridized carbons (Fsp3) is 0.692. The second kappa shape index (κ2) is 7.50. The molecule has 0 aliphatic rings. The molecule has 0 saturated carbocycles. The van der Waals surface area contributed by atoms with Crippen molar-refractivity contribution in [1.82, 2.24) is 15.1 Å². The molecule has 19 heavy (non-hydrogen) atoms. The van der Waals surface area contributed by atoms with Crippen molar-refractivity contribution in [2.75, 3.05) is 6.61 Å². The van der Waals surface area contributed by atoms with Crippen LogP contribution in [-0.2, 0) is 16.1 Å². The Morgan fingerprint density at radius 1 is 1.58 bits per heavy atom. The predicted octanol–water partition coefficient (Wildman–Crippen LogP) is 2.16. The van der Waals surface area contributed by atoms with Gasteiger partial charge in [0.1, 0.15) is 6.04 Å². The molecule has 0 radical (unpaired) electrons. The normalized spacial score (nSPS) is 12.7. The Morgan fingerprint density at radius 2 is 2.26 bits per heavy atom. The summed E-state index contributed by atoms with van der Waals surface area (Å²) in [5.41, 5.74) is 0.797. The van der Waals surface area contributed by atoms with E-state index in [0.717, 1.165) is 5.69 Å². The lowest BCUT2D eigenvalue weighted by Crippen LogP contribution is -2.42. The van der Waals surface area contributed by atoms with Gasteiger partial charge in [-0.1, -0.05) is 25.4 Å².